The van der Waals surface area contributed by atoms with Crippen LogP contribution in [0.4, 0.5) is 42.5 Å². The van der Waals surface area contributed by atoms with Crippen LogP contribution in [-0.4, -0.2) is 18.1 Å². The Morgan fingerprint density at radius 1 is 0.750 bits per heavy atom. The number of guanidine groups is 2. The minimum Gasteiger partial charge on any atom is -0.367 e. The van der Waals surface area contributed by atoms with Gasteiger partial charge >= 0.3 is 18.5 Å². The number of hydrogen-bond donors (Lipinski definition) is 4. The van der Waals surface area contributed by atoms with Crippen molar-refractivity contribution in [3.63, 3.8) is 0 Å². The highest BCUT2D eigenvalue weighted by molar-refractivity contribution is 5.82. The van der Waals surface area contributed by atoms with Gasteiger partial charge in [0.15, 0.2) is 0 Å². The Labute approximate surface area is 175 Å². The average molecular weight is 464 g/mol. The van der Waals surface area contributed by atoms with Gasteiger partial charge in [0.2, 0.25) is 11.9 Å². The molecule has 9 nitrogen and oxygen atoms in total. The molecule has 15 heteroatoms. The standard InChI is InChI=1S/C17H14F6N6O3/c18-16(19,20)9-3-1-5-11(7-9)26-13(24)28-31-15(30)32-29-14(25)27-12-6-2-4-10(8-12)17(21,22)23/h1-8H,(H3,24,26,28)(H3,25,27,29). The monoisotopic (exact) mass is 464 g/mol. The van der Waals surface area contributed by atoms with Gasteiger partial charge in [-0.1, -0.05) is 12.1 Å². The SMILES string of the molecule is NC(=Nc1cccc(C(F)(F)F)c1)NOC(=O)ONC(N)=Nc1cccc(C(F)(F)F)c1. The lowest BCUT2D eigenvalue weighted by Gasteiger charge is -2.09. The van der Waals surface area contributed by atoms with E-state index in [9.17, 15) is 31.1 Å². The van der Waals surface area contributed by atoms with Crippen LogP contribution in [0.25, 0.3) is 0 Å². The van der Waals surface area contributed by atoms with Crippen molar-refractivity contribution in [3.05, 3.63) is 59.7 Å². The van der Waals surface area contributed by atoms with E-state index < -0.39 is 41.6 Å². The van der Waals surface area contributed by atoms with E-state index in [4.69, 9.17) is 11.5 Å². The maximum Gasteiger partial charge on any atom is 0.558 e. The Bertz CT molecular complexity index is 943. The highest BCUT2D eigenvalue weighted by Gasteiger charge is 2.31. The Morgan fingerprint density at radius 3 is 1.47 bits per heavy atom. The quantitative estimate of drug-likeness (QED) is 0.231. The van der Waals surface area contributed by atoms with Crippen LogP contribution in [0.3, 0.4) is 0 Å². The van der Waals surface area contributed by atoms with Gasteiger partial charge in [0.25, 0.3) is 0 Å². The fraction of sp³-hybridized carbons (Fsp3) is 0.118. The fourth-order valence-corrected chi connectivity index (χ4v) is 2.04. The van der Waals surface area contributed by atoms with Crippen molar-refractivity contribution in [2.24, 2.45) is 21.5 Å². The zero-order valence-electron chi connectivity index (χ0n) is 15.7. The third-order valence-electron chi connectivity index (χ3n) is 3.32. The molecule has 32 heavy (non-hydrogen) atoms. The number of carbonyl (C=O) groups excluding carboxylic acids is 1. The van der Waals surface area contributed by atoms with Crippen LogP contribution in [0.15, 0.2) is 58.5 Å². The first-order valence-electron chi connectivity index (χ1n) is 8.27. The summed E-state index contributed by atoms with van der Waals surface area (Å²) in [5.74, 6) is -1.18. The first-order chi connectivity index (χ1) is 14.8. The van der Waals surface area contributed by atoms with Crippen LogP contribution in [0.1, 0.15) is 11.1 Å². The highest BCUT2D eigenvalue weighted by Crippen LogP contribution is 2.32. The molecule has 0 spiro atoms. The van der Waals surface area contributed by atoms with Crippen molar-refractivity contribution < 1.29 is 40.8 Å². The average Bonchev–Trinajstić information content (AvgIpc) is 2.70. The van der Waals surface area contributed by atoms with Crippen molar-refractivity contribution in [3.8, 4) is 0 Å². The molecule has 2 aromatic rings. The molecular formula is C17H14F6N6O3. The summed E-state index contributed by atoms with van der Waals surface area (Å²) in [6.45, 7) is 0. The van der Waals surface area contributed by atoms with Gasteiger partial charge in [-0.2, -0.15) is 42.1 Å². The number of nitrogens with two attached hydrogens (primary N) is 2. The number of alkyl halides is 6. The normalized spacial score (nSPS) is 12.8. The Hall–Kier alpha value is -4.17. The number of rotatable bonds is 2. The Kier molecular flexibility index (Phi) is 7.35. The molecule has 0 radical (unpaired) electrons. The summed E-state index contributed by atoms with van der Waals surface area (Å²) in [5, 5.41) is 0. The number of benzene rings is 2. The number of hydrogen-bond acceptors (Lipinski definition) is 5. The fourth-order valence-electron chi connectivity index (χ4n) is 2.04. The van der Waals surface area contributed by atoms with Gasteiger partial charge in [-0.15, -0.1) is 0 Å². The Morgan fingerprint density at radius 2 is 1.12 bits per heavy atom. The second-order valence-electron chi connectivity index (χ2n) is 5.75. The van der Waals surface area contributed by atoms with E-state index in [2.05, 4.69) is 19.7 Å². The molecule has 0 amide bonds. The molecule has 0 aliphatic rings. The second kappa shape index (κ2) is 9.76. The van der Waals surface area contributed by atoms with Crippen molar-refractivity contribution >= 4 is 29.4 Å². The van der Waals surface area contributed by atoms with Gasteiger partial charge < -0.3 is 21.1 Å². The lowest BCUT2D eigenvalue weighted by Crippen LogP contribution is -2.38. The number of aliphatic imine (C=N–C) groups is 2. The van der Waals surface area contributed by atoms with E-state index >= 15 is 0 Å². The molecule has 2 rings (SSSR count). The maximum atomic E-state index is 12.7. The molecule has 6 N–H and O–H groups in total. The van der Waals surface area contributed by atoms with Crippen molar-refractivity contribution in [1.29, 1.82) is 0 Å². The molecule has 172 valence electrons. The molecule has 2 aromatic carbocycles. The first-order valence-corrected chi connectivity index (χ1v) is 8.27. The molecule has 0 atom stereocenters. The van der Waals surface area contributed by atoms with Crippen LogP contribution >= 0.6 is 0 Å². The number of halogens is 6. The van der Waals surface area contributed by atoms with E-state index in [0.717, 1.165) is 24.3 Å². The number of carbonyl (C=O) groups is 1. The summed E-state index contributed by atoms with van der Waals surface area (Å²) in [7, 11) is 0. The van der Waals surface area contributed by atoms with E-state index in [0.29, 0.717) is 12.1 Å². The molecule has 0 aliphatic heterocycles. The van der Waals surface area contributed by atoms with Crippen LogP contribution < -0.4 is 22.4 Å². The first kappa shape index (κ1) is 24.1. The third-order valence-corrected chi connectivity index (χ3v) is 3.32. The van der Waals surface area contributed by atoms with E-state index in [-0.39, 0.29) is 11.4 Å². The second-order valence-corrected chi connectivity index (χ2v) is 5.75. The lowest BCUT2D eigenvalue weighted by atomic mass is 10.2. The molecule has 0 saturated heterocycles. The molecule has 0 bridgehead atoms. The molecule has 0 aliphatic carbocycles. The summed E-state index contributed by atoms with van der Waals surface area (Å²) < 4.78 is 76.0. The van der Waals surface area contributed by atoms with E-state index in [1.54, 1.807) is 0 Å². The molecule has 0 unspecified atom stereocenters. The highest BCUT2D eigenvalue weighted by atomic mass is 19.4. The van der Waals surface area contributed by atoms with Gasteiger partial charge in [0.05, 0.1) is 22.5 Å². The van der Waals surface area contributed by atoms with Gasteiger partial charge in [-0.3, -0.25) is 0 Å². The van der Waals surface area contributed by atoms with Crippen molar-refractivity contribution in [1.82, 2.24) is 11.0 Å². The van der Waals surface area contributed by atoms with Crippen LogP contribution in [-0.2, 0) is 22.0 Å². The van der Waals surface area contributed by atoms with Crippen LogP contribution in [0.2, 0.25) is 0 Å². The Balaban J connectivity index is 1.88. The summed E-state index contributed by atoms with van der Waals surface area (Å²) in [6.07, 6.45) is -10.7. The van der Waals surface area contributed by atoms with Crippen molar-refractivity contribution in [2.75, 3.05) is 0 Å². The summed E-state index contributed by atoms with van der Waals surface area (Å²) in [5.41, 5.74) is 12.1. The summed E-state index contributed by atoms with van der Waals surface area (Å²) in [4.78, 5) is 27.2. The zero-order chi connectivity index (χ0) is 23.9. The number of hydroxylamine groups is 2. The van der Waals surface area contributed by atoms with Crippen LogP contribution in [0, 0.1) is 0 Å². The lowest BCUT2D eigenvalue weighted by molar-refractivity contribution is -0.138. The third kappa shape index (κ3) is 7.58. The van der Waals surface area contributed by atoms with Gasteiger partial charge in [0, 0.05) is 0 Å². The predicted octanol–water partition coefficient (Wildman–Crippen LogP) is 3.48. The minimum absolute atomic E-state index is 0.183. The molecular weight excluding hydrogens is 450 g/mol. The molecule has 0 saturated carbocycles. The smallest absolute Gasteiger partial charge is 0.367 e. The van der Waals surface area contributed by atoms with E-state index in [1.165, 1.54) is 12.1 Å². The summed E-state index contributed by atoms with van der Waals surface area (Å²) >= 11 is 0. The largest absolute Gasteiger partial charge is 0.558 e. The number of nitrogens with one attached hydrogen (secondary N) is 2. The van der Waals surface area contributed by atoms with Gasteiger partial charge in [-0.25, -0.2) is 9.98 Å². The molecule has 0 heterocycles. The topological polar surface area (TPSA) is 136 Å². The minimum atomic E-state index is -4.59. The van der Waals surface area contributed by atoms with Gasteiger partial charge in [-0.05, 0) is 36.4 Å². The maximum absolute atomic E-state index is 12.7. The molecule has 0 fully saturated rings. The zero-order valence-corrected chi connectivity index (χ0v) is 15.7. The van der Waals surface area contributed by atoms with Crippen molar-refractivity contribution in [2.45, 2.75) is 12.4 Å². The molecule has 0 aromatic heterocycles. The predicted molar refractivity (Wildman–Crippen MR) is 99.3 cm³/mol. The number of nitrogens with zero attached hydrogens (tertiary/aromatic N) is 2. The summed E-state index contributed by atoms with van der Waals surface area (Å²) in [6, 6.07) is 7.70. The van der Waals surface area contributed by atoms with E-state index in [1.807, 2.05) is 11.0 Å². The van der Waals surface area contributed by atoms with Crippen LogP contribution in [0.5, 0.6) is 0 Å². The van der Waals surface area contributed by atoms with Gasteiger partial charge in [0.1, 0.15) is 0 Å².